The number of hydrogen-bond acceptors (Lipinski definition) is 6. The molecule has 9 heteroatoms. The van der Waals surface area contributed by atoms with E-state index < -0.39 is 10.2 Å². The zero-order valence-electron chi connectivity index (χ0n) is 15.7. The lowest BCUT2D eigenvalue weighted by Gasteiger charge is -2.42. The Morgan fingerprint density at radius 3 is 2.75 bits per heavy atom. The third-order valence-corrected chi connectivity index (χ3v) is 6.62. The Labute approximate surface area is 164 Å². The van der Waals surface area contributed by atoms with Gasteiger partial charge in [-0.15, -0.1) is 0 Å². The normalized spacial score (nSPS) is 17.6. The molecule has 1 aromatic heterocycles. The molecule has 1 aliphatic heterocycles. The van der Waals surface area contributed by atoms with Crippen molar-refractivity contribution in [2.45, 2.75) is 25.3 Å². The van der Waals surface area contributed by atoms with Crippen molar-refractivity contribution in [2.24, 2.45) is 11.1 Å². The Hall–Kier alpha value is -2.41. The van der Waals surface area contributed by atoms with Crippen LogP contribution in [0.3, 0.4) is 0 Å². The SMILES string of the molecule is COc1cccc2c(N3CC(CCN(C4CC4)S(N)(=O)=O)C3)c(C#N)cnc12. The fourth-order valence-corrected chi connectivity index (χ4v) is 4.88. The summed E-state index contributed by atoms with van der Waals surface area (Å²) < 4.78 is 30.3. The highest BCUT2D eigenvalue weighted by molar-refractivity contribution is 7.86. The molecule has 0 spiro atoms. The van der Waals surface area contributed by atoms with E-state index in [1.165, 1.54) is 4.31 Å². The maximum absolute atomic E-state index is 11.7. The molecule has 2 heterocycles. The molecule has 1 saturated carbocycles. The highest BCUT2D eigenvalue weighted by atomic mass is 32.2. The summed E-state index contributed by atoms with van der Waals surface area (Å²) in [5.41, 5.74) is 2.13. The van der Waals surface area contributed by atoms with Crippen LogP contribution in [-0.2, 0) is 10.2 Å². The second-order valence-corrected chi connectivity index (χ2v) is 8.93. The highest BCUT2D eigenvalue weighted by Crippen LogP contribution is 2.38. The number of benzene rings is 1. The minimum atomic E-state index is -3.64. The molecule has 8 nitrogen and oxygen atoms in total. The van der Waals surface area contributed by atoms with Gasteiger partial charge in [-0.1, -0.05) is 12.1 Å². The summed E-state index contributed by atoms with van der Waals surface area (Å²) in [4.78, 5) is 6.55. The van der Waals surface area contributed by atoms with Crippen LogP contribution in [0, 0.1) is 17.2 Å². The Bertz CT molecular complexity index is 1040. The third kappa shape index (κ3) is 3.51. The molecule has 28 heavy (non-hydrogen) atoms. The predicted molar refractivity (Wildman–Crippen MR) is 106 cm³/mol. The number of ether oxygens (including phenoxy) is 1. The Morgan fingerprint density at radius 2 is 2.14 bits per heavy atom. The van der Waals surface area contributed by atoms with E-state index in [2.05, 4.69) is 16.0 Å². The number of methoxy groups -OCH3 is 1. The highest BCUT2D eigenvalue weighted by Gasteiger charge is 2.37. The van der Waals surface area contributed by atoms with Gasteiger partial charge in [0, 0.05) is 37.3 Å². The molecule has 0 unspecified atom stereocenters. The molecule has 2 N–H and O–H groups in total. The van der Waals surface area contributed by atoms with E-state index in [4.69, 9.17) is 9.88 Å². The number of hydrogen-bond donors (Lipinski definition) is 1. The van der Waals surface area contributed by atoms with E-state index in [-0.39, 0.29) is 6.04 Å². The third-order valence-electron chi connectivity index (χ3n) is 5.48. The van der Waals surface area contributed by atoms with Crippen molar-refractivity contribution >= 4 is 26.8 Å². The van der Waals surface area contributed by atoms with E-state index in [0.29, 0.717) is 23.8 Å². The predicted octanol–water partition coefficient (Wildman–Crippen LogP) is 1.61. The number of aromatic nitrogens is 1. The van der Waals surface area contributed by atoms with Crippen LogP contribution in [0.2, 0.25) is 0 Å². The van der Waals surface area contributed by atoms with Crippen molar-refractivity contribution in [3.05, 3.63) is 30.0 Å². The number of nitriles is 1. The van der Waals surface area contributed by atoms with Crippen molar-refractivity contribution in [2.75, 3.05) is 31.6 Å². The van der Waals surface area contributed by atoms with Crippen LogP contribution in [0.4, 0.5) is 5.69 Å². The zero-order valence-corrected chi connectivity index (χ0v) is 16.5. The van der Waals surface area contributed by atoms with Crippen molar-refractivity contribution in [1.29, 1.82) is 5.26 Å². The molecule has 1 aliphatic carbocycles. The van der Waals surface area contributed by atoms with Crippen LogP contribution in [0.25, 0.3) is 10.9 Å². The second-order valence-electron chi connectivity index (χ2n) is 7.44. The molecule has 0 amide bonds. The molecular weight excluding hydrogens is 378 g/mol. The molecule has 1 saturated heterocycles. The number of nitrogens with two attached hydrogens (primary N) is 1. The van der Waals surface area contributed by atoms with Gasteiger partial charge in [-0.2, -0.15) is 18.0 Å². The van der Waals surface area contributed by atoms with Crippen molar-refractivity contribution in [1.82, 2.24) is 9.29 Å². The largest absolute Gasteiger partial charge is 0.494 e. The van der Waals surface area contributed by atoms with Crippen molar-refractivity contribution in [3.63, 3.8) is 0 Å². The first kappa shape index (κ1) is 18.9. The van der Waals surface area contributed by atoms with Gasteiger partial charge in [-0.3, -0.25) is 4.98 Å². The smallest absolute Gasteiger partial charge is 0.277 e. The summed E-state index contributed by atoms with van der Waals surface area (Å²) in [7, 11) is -2.04. The topological polar surface area (TPSA) is 113 Å². The van der Waals surface area contributed by atoms with Crippen molar-refractivity contribution in [3.8, 4) is 11.8 Å². The number of pyridine rings is 1. The molecule has 148 valence electrons. The van der Waals surface area contributed by atoms with E-state index in [0.717, 1.165) is 48.9 Å². The van der Waals surface area contributed by atoms with Gasteiger partial charge in [0.05, 0.1) is 18.4 Å². The molecular formula is C19H23N5O3S. The van der Waals surface area contributed by atoms with Gasteiger partial charge in [0.15, 0.2) is 0 Å². The van der Waals surface area contributed by atoms with Crippen LogP contribution in [0.5, 0.6) is 5.75 Å². The van der Waals surface area contributed by atoms with E-state index in [1.54, 1.807) is 13.3 Å². The quantitative estimate of drug-likeness (QED) is 0.754. The van der Waals surface area contributed by atoms with Gasteiger partial charge in [0.25, 0.3) is 10.2 Å². The van der Waals surface area contributed by atoms with Crippen LogP contribution < -0.4 is 14.8 Å². The zero-order chi connectivity index (χ0) is 19.9. The lowest BCUT2D eigenvalue weighted by molar-refractivity contribution is 0.320. The Morgan fingerprint density at radius 1 is 1.39 bits per heavy atom. The summed E-state index contributed by atoms with van der Waals surface area (Å²) in [5, 5.41) is 15.8. The summed E-state index contributed by atoms with van der Waals surface area (Å²) >= 11 is 0. The van der Waals surface area contributed by atoms with Crippen LogP contribution in [0.15, 0.2) is 24.4 Å². The van der Waals surface area contributed by atoms with Crippen molar-refractivity contribution < 1.29 is 13.2 Å². The summed E-state index contributed by atoms with van der Waals surface area (Å²) in [6, 6.07) is 8.00. The van der Waals surface area contributed by atoms with Gasteiger partial charge in [-0.25, -0.2) is 5.14 Å². The lowest BCUT2D eigenvalue weighted by Crippen LogP contribution is -2.49. The first-order chi connectivity index (χ1) is 13.4. The average molecular weight is 401 g/mol. The summed E-state index contributed by atoms with van der Waals surface area (Å²) in [6.45, 7) is 2.00. The Kier molecular flexibility index (Phi) is 4.87. The number of fused-ring (bicyclic) bond motifs is 1. The van der Waals surface area contributed by atoms with E-state index >= 15 is 0 Å². The van der Waals surface area contributed by atoms with Crippen LogP contribution >= 0.6 is 0 Å². The van der Waals surface area contributed by atoms with Gasteiger partial charge >= 0.3 is 0 Å². The summed E-state index contributed by atoms with van der Waals surface area (Å²) in [6.07, 6.45) is 4.13. The van der Waals surface area contributed by atoms with E-state index in [9.17, 15) is 13.7 Å². The first-order valence-electron chi connectivity index (χ1n) is 9.32. The number of rotatable bonds is 7. The Balaban J connectivity index is 1.50. The fraction of sp³-hybridized carbons (Fsp3) is 0.474. The minimum absolute atomic E-state index is 0.0768. The molecule has 2 fully saturated rings. The molecule has 0 radical (unpaired) electrons. The van der Waals surface area contributed by atoms with Gasteiger partial charge in [0.1, 0.15) is 17.3 Å². The molecule has 0 bridgehead atoms. The number of nitrogens with zero attached hydrogens (tertiary/aromatic N) is 4. The molecule has 2 aliphatic rings. The second kappa shape index (κ2) is 7.20. The molecule has 1 aromatic carbocycles. The molecule has 4 rings (SSSR count). The lowest BCUT2D eigenvalue weighted by atomic mass is 9.93. The molecule has 0 atom stereocenters. The maximum Gasteiger partial charge on any atom is 0.277 e. The fourth-order valence-electron chi connectivity index (χ4n) is 3.89. The van der Waals surface area contributed by atoms with Gasteiger partial charge in [0.2, 0.25) is 0 Å². The molecule has 2 aromatic rings. The average Bonchev–Trinajstić information content (AvgIpc) is 3.46. The minimum Gasteiger partial charge on any atom is -0.494 e. The number of para-hydroxylation sites is 1. The van der Waals surface area contributed by atoms with Gasteiger partial charge < -0.3 is 9.64 Å². The standard InChI is InChI=1S/C19H23N5O3S/c1-27-17-4-2-3-16-18(17)22-10-14(9-20)19(16)23-11-13(12-23)7-8-24(15-5-6-15)28(21,25)26/h2-4,10,13,15H,5-8,11-12H2,1H3,(H2,21,25,26). The number of anilines is 1. The van der Waals surface area contributed by atoms with E-state index in [1.807, 2.05) is 18.2 Å². The van der Waals surface area contributed by atoms with Crippen LogP contribution in [0.1, 0.15) is 24.8 Å². The monoisotopic (exact) mass is 401 g/mol. The van der Waals surface area contributed by atoms with Gasteiger partial charge in [-0.05, 0) is 31.2 Å². The maximum atomic E-state index is 11.7. The van der Waals surface area contributed by atoms with Crippen LogP contribution in [-0.4, -0.2) is 50.5 Å². The first-order valence-corrected chi connectivity index (χ1v) is 10.8. The summed E-state index contributed by atoms with van der Waals surface area (Å²) in [5.74, 6) is 1.04.